The molecule has 1 aliphatic carbocycles. The summed E-state index contributed by atoms with van der Waals surface area (Å²) in [6, 6.07) is 29.5. The predicted molar refractivity (Wildman–Crippen MR) is 169 cm³/mol. The summed E-state index contributed by atoms with van der Waals surface area (Å²) in [6.45, 7) is 9.31. The average molecular weight is 544 g/mol. The van der Waals surface area contributed by atoms with Gasteiger partial charge in [0.15, 0.2) is 11.6 Å². The number of benzene rings is 5. The van der Waals surface area contributed by atoms with Crippen molar-refractivity contribution < 1.29 is 9.59 Å². The Bertz CT molecular complexity index is 2100. The van der Waals surface area contributed by atoms with Gasteiger partial charge < -0.3 is 4.90 Å². The molecule has 0 amide bonds. The molecule has 3 heterocycles. The van der Waals surface area contributed by atoms with Crippen molar-refractivity contribution >= 4 is 45.5 Å². The molecule has 0 saturated heterocycles. The number of para-hydroxylation sites is 2. The Kier molecular flexibility index (Phi) is 4.29. The molecule has 5 aromatic carbocycles. The molecule has 3 aliphatic heterocycles. The van der Waals surface area contributed by atoms with Crippen LogP contribution in [0, 0.1) is 0 Å². The monoisotopic (exact) mass is 543 g/mol. The number of hydrogen-bond acceptors (Lipinski definition) is 3. The lowest BCUT2D eigenvalue weighted by molar-refractivity contribution is 0.0990. The molecule has 0 N–H and O–H groups in total. The van der Waals surface area contributed by atoms with Crippen LogP contribution in [0.2, 0.25) is 0 Å². The van der Waals surface area contributed by atoms with Gasteiger partial charge in [0.2, 0.25) is 0 Å². The van der Waals surface area contributed by atoms with Gasteiger partial charge in [-0.3, -0.25) is 9.59 Å². The number of carbonyl (C=O) groups excluding carboxylic acids is 2. The van der Waals surface area contributed by atoms with Crippen LogP contribution >= 0.6 is 0 Å². The Morgan fingerprint density at radius 1 is 0.595 bits per heavy atom. The molecule has 0 spiro atoms. The van der Waals surface area contributed by atoms with Crippen molar-refractivity contribution in [1.29, 1.82) is 0 Å². The Morgan fingerprint density at radius 3 is 1.79 bits per heavy atom. The van der Waals surface area contributed by atoms with Gasteiger partial charge in [0.05, 0.1) is 22.6 Å². The van der Waals surface area contributed by atoms with Gasteiger partial charge in [0.25, 0.3) is 0 Å². The van der Waals surface area contributed by atoms with E-state index in [1.807, 2.05) is 42.5 Å². The number of ketones is 2. The minimum atomic E-state index is -0.259. The molecular formula is C39H29NO2. The van der Waals surface area contributed by atoms with E-state index in [1.54, 1.807) is 0 Å². The number of fused-ring (bicyclic) bond motifs is 2. The summed E-state index contributed by atoms with van der Waals surface area (Å²) in [7, 11) is 0. The fourth-order valence-electron chi connectivity index (χ4n) is 8.11. The van der Waals surface area contributed by atoms with E-state index in [1.165, 1.54) is 50.4 Å². The van der Waals surface area contributed by atoms with E-state index in [0.29, 0.717) is 11.1 Å². The van der Waals surface area contributed by atoms with Crippen LogP contribution < -0.4 is 4.90 Å². The summed E-state index contributed by atoms with van der Waals surface area (Å²) in [6.07, 6.45) is 2.65. The molecule has 3 nitrogen and oxygen atoms in total. The van der Waals surface area contributed by atoms with Crippen LogP contribution in [0.3, 0.4) is 0 Å². The second-order valence-electron chi connectivity index (χ2n) is 13.3. The van der Waals surface area contributed by atoms with Crippen LogP contribution in [0.15, 0.2) is 90.5 Å². The van der Waals surface area contributed by atoms with Crippen LogP contribution in [-0.2, 0) is 17.3 Å². The van der Waals surface area contributed by atoms with Gasteiger partial charge in [0, 0.05) is 28.4 Å². The number of allylic oxidation sites excluding steroid dienone is 1. The lowest BCUT2D eigenvalue weighted by atomic mass is 9.64. The van der Waals surface area contributed by atoms with E-state index in [4.69, 9.17) is 0 Å². The molecule has 3 heteroatoms. The van der Waals surface area contributed by atoms with Crippen LogP contribution in [0.25, 0.3) is 16.8 Å². The van der Waals surface area contributed by atoms with Gasteiger partial charge in [-0.2, -0.15) is 0 Å². The normalized spacial score (nSPS) is 17.8. The first-order valence-electron chi connectivity index (χ1n) is 14.7. The summed E-state index contributed by atoms with van der Waals surface area (Å²) >= 11 is 0. The van der Waals surface area contributed by atoms with Crippen LogP contribution in [0.1, 0.15) is 87.4 Å². The van der Waals surface area contributed by atoms with E-state index < -0.39 is 0 Å². The van der Waals surface area contributed by atoms with E-state index in [0.717, 1.165) is 22.8 Å². The number of rotatable bonds is 1. The standard InChI is InChI=1S/C39H29NO2/c1-38(2)29-12-7-11-24-18-25-15-21(16-28-36(41)26-19-22-9-5-6-10-23(22)20-27(26)37(28)42)17-32-34(25)40(33(24)29)35-30(38)13-8-14-31(35)39(32,3)4/h5-17,19-20H,18H2,1-4H3. The predicted octanol–water partition coefficient (Wildman–Crippen LogP) is 8.96. The molecule has 0 radical (unpaired) electrons. The van der Waals surface area contributed by atoms with Crippen molar-refractivity contribution in [2.45, 2.75) is 44.9 Å². The summed E-state index contributed by atoms with van der Waals surface area (Å²) in [5, 5.41) is 1.94. The number of hydrogen-bond donors (Lipinski definition) is 0. The number of anilines is 3. The number of Topliss-reactive ketones (excluding diaryl/α,β-unsaturated/α-hetero) is 2. The zero-order valence-electron chi connectivity index (χ0n) is 24.1. The van der Waals surface area contributed by atoms with Gasteiger partial charge in [-0.1, -0.05) is 88.4 Å². The Morgan fingerprint density at radius 2 is 1.14 bits per heavy atom. The molecular weight excluding hydrogens is 514 g/mol. The first-order chi connectivity index (χ1) is 20.2. The Balaban J connectivity index is 1.27. The fraction of sp³-hybridized carbons (Fsp3) is 0.179. The summed E-state index contributed by atoms with van der Waals surface area (Å²) in [5.41, 5.74) is 13.5. The number of nitrogens with zero attached hydrogens (tertiary/aromatic N) is 1. The van der Waals surface area contributed by atoms with Gasteiger partial charge in [0.1, 0.15) is 0 Å². The molecule has 202 valence electrons. The SMILES string of the molecule is CC1(C)c2cccc3c2N2c4c(cc(C=C5C(=O)c6cc7ccccc7cc6C5=O)cc4C(C)(C)c4cccc1c42)C3. The van der Waals surface area contributed by atoms with Crippen molar-refractivity contribution in [3.63, 3.8) is 0 Å². The lowest BCUT2D eigenvalue weighted by Crippen LogP contribution is -2.40. The highest BCUT2D eigenvalue weighted by Gasteiger charge is 2.48. The molecule has 0 aromatic heterocycles. The second kappa shape index (κ2) is 7.54. The molecule has 4 aliphatic rings. The van der Waals surface area contributed by atoms with Crippen LogP contribution in [0.5, 0.6) is 0 Å². The average Bonchev–Trinajstić information content (AvgIpc) is 3.20. The van der Waals surface area contributed by atoms with Gasteiger partial charge >= 0.3 is 0 Å². The summed E-state index contributed by atoms with van der Waals surface area (Å²) in [5.74, 6) is -0.371. The van der Waals surface area contributed by atoms with Crippen molar-refractivity contribution in [2.24, 2.45) is 0 Å². The van der Waals surface area contributed by atoms with Crippen molar-refractivity contribution in [1.82, 2.24) is 0 Å². The van der Waals surface area contributed by atoms with E-state index >= 15 is 0 Å². The van der Waals surface area contributed by atoms with E-state index in [2.05, 4.69) is 81.1 Å². The molecule has 0 atom stereocenters. The minimum Gasteiger partial charge on any atom is -0.309 e. The minimum absolute atomic E-state index is 0.106. The zero-order chi connectivity index (χ0) is 28.7. The molecule has 0 bridgehead atoms. The van der Waals surface area contributed by atoms with Gasteiger partial charge in [-0.05, 0) is 80.1 Å². The highest BCUT2D eigenvalue weighted by molar-refractivity contribution is 6.42. The van der Waals surface area contributed by atoms with Gasteiger partial charge in [-0.15, -0.1) is 0 Å². The highest BCUT2D eigenvalue weighted by Crippen LogP contribution is 2.63. The molecule has 0 unspecified atom stereocenters. The molecule has 0 saturated carbocycles. The van der Waals surface area contributed by atoms with Crippen LogP contribution in [0.4, 0.5) is 17.1 Å². The Labute approximate surface area is 245 Å². The first kappa shape index (κ1) is 23.9. The second-order valence-corrected chi connectivity index (χ2v) is 13.3. The largest absolute Gasteiger partial charge is 0.309 e. The molecule has 0 fully saturated rings. The number of carbonyl (C=O) groups is 2. The third kappa shape index (κ3) is 2.76. The van der Waals surface area contributed by atoms with E-state index in [9.17, 15) is 9.59 Å². The molecule has 42 heavy (non-hydrogen) atoms. The third-order valence-corrected chi connectivity index (χ3v) is 10.3. The van der Waals surface area contributed by atoms with Crippen molar-refractivity contribution in [2.75, 3.05) is 4.90 Å². The van der Waals surface area contributed by atoms with Gasteiger partial charge in [-0.25, -0.2) is 0 Å². The topological polar surface area (TPSA) is 37.4 Å². The molecule has 5 aromatic rings. The zero-order valence-corrected chi connectivity index (χ0v) is 24.1. The fourth-order valence-corrected chi connectivity index (χ4v) is 8.11. The highest BCUT2D eigenvalue weighted by atomic mass is 16.2. The maximum atomic E-state index is 13.6. The van der Waals surface area contributed by atoms with Crippen molar-refractivity contribution in [3.05, 3.63) is 141 Å². The maximum absolute atomic E-state index is 13.6. The first-order valence-corrected chi connectivity index (χ1v) is 14.7. The molecule has 9 rings (SSSR count). The lowest BCUT2D eigenvalue weighted by Gasteiger charge is -2.52. The van der Waals surface area contributed by atoms with E-state index in [-0.39, 0.29) is 28.0 Å². The third-order valence-electron chi connectivity index (χ3n) is 10.3. The van der Waals surface area contributed by atoms with Crippen LogP contribution in [-0.4, -0.2) is 11.6 Å². The smallest absolute Gasteiger partial charge is 0.197 e. The van der Waals surface area contributed by atoms with Crippen molar-refractivity contribution in [3.8, 4) is 0 Å². The summed E-state index contributed by atoms with van der Waals surface area (Å²) in [4.78, 5) is 29.8. The Hall–Kier alpha value is -4.76. The quantitative estimate of drug-likeness (QED) is 0.153. The summed E-state index contributed by atoms with van der Waals surface area (Å²) < 4.78 is 0. The maximum Gasteiger partial charge on any atom is 0.197 e.